The van der Waals surface area contributed by atoms with Gasteiger partial charge in [0.15, 0.2) is 0 Å². The Morgan fingerprint density at radius 3 is 2.41 bits per heavy atom. The monoisotopic (exact) mass is 240 g/mol. The van der Waals surface area contributed by atoms with E-state index in [-0.39, 0.29) is 0 Å². The van der Waals surface area contributed by atoms with Crippen molar-refractivity contribution in [1.29, 1.82) is 0 Å². The third kappa shape index (κ3) is 4.59. The van der Waals surface area contributed by atoms with Crippen LogP contribution in [-0.4, -0.2) is 36.1 Å². The van der Waals surface area contributed by atoms with Crippen LogP contribution in [0.2, 0.25) is 0 Å². The lowest BCUT2D eigenvalue weighted by Crippen LogP contribution is -2.62. The summed E-state index contributed by atoms with van der Waals surface area (Å²) in [6, 6.07) is 0.733. The molecule has 2 atom stereocenters. The van der Waals surface area contributed by atoms with Gasteiger partial charge >= 0.3 is 0 Å². The summed E-state index contributed by atoms with van der Waals surface area (Å²) >= 11 is 0. The highest BCUT2D eigenvalue weighted by molar-refractivity contribution is 4.94. The summed E-state index contributed by atoms with van der Waals surface area (Å²) < 4.78 is 0. The summed E-state index contributed by atoms with van der Waals surface area (Å²) in [6.07, 6.45) is 3.77. The first-order valence-electron chi connectivity index (χ1n) is 7.29. The summed E-state index contributed by atoms with van der Waals surface area (Å²) in [7, 11) is 0. The van der Waals surface area contributed by atoms with Gasteiger partial charge in [0, 0.05) is 24.7 Å². The van der Waals surface area contributed by atoms with Crippen LogP contribution < -0.4 is 5.32 Å². The van der Waals surface area contributed by atoms with Crippen molar-refractivity contribution in [3.05, 3.63) is 0 Å². The SMILES string of the molecule is CCC1CNC(C)(CC)CN1CCC(C)(C)C. The summed E-state index contributed by atoms with van der Waals surface area (Å²) in [5.41, 5.74) is 0.773. The number of rotatable bonds is 4. The number of nitrogens with one attached hydrogen (secondary N) is 1. The molecule has 0 aromatic rings. The van der Waals surface area contributed by atoms with Crippen LogP contribution >= 0.6 is 0 Å². The first-order valence-corrected chi connectivity index (χ1v) is 7.29. The standard InChI is InChI=1S/C15H32N2/c1-7-13-11-16-15(6,8-2)12-17(13)10-9-14(3,4)5/h13,16H,7-12H2,1-6H3. The van der Waals surface area contributed by atoms with E-state index in [1.165, 1.54) is 32.4 Å². The topological polar surface area (TPSA) is 15.3 Å². The molecule has 1 aliphatic rings. The van der Waals surface area contributed by atoms with Gasteiger partial charge in [-0.05, 0) is 38.1 Å². The van der Waals surface area contributed by atoms with Crippen molar-refractivity contribution in [2.24, 2.45) is 5.41 Å². The minimum absolute atomic E-state index is 0.323. The molecule has 1 rings (SSSR count). The molecule has 0 aliphatic carbocycles. The maximum atomic E-state index is 3.73. The Hall–Kier alpha value is -0.0800. The number of nitrogens with zero attached hydrogens (tertiary/aromatic N) is 1. The van der Waals surface area contributed by atoms with Crippen molar-refractivity contribution in [1.82, 2.24) is 10.2 Å². The van der Waals surface area contributed by atoms with E-state index in [0.29, 0.717) is 11.0 Å². The van der Waals surface area contributed by atoms with Crippen molar-refractivity contribution in [3.63, 3.8) is 0 Å². The molecule has 1 N–H and O–H groups in total. The highest BCUT2D eigenvalue weighted by atomic mass is 15.2. The lowest BCUT2D eigenvalue weighted by Gasteiger charge is -2.46. The molecule has 102 valence electrons. The van der Waals surface area contributed by atoms with E-state index in [1.54, 1.807) is 0 Å². The maximum absolute atomic E-state index is 3.73. The van der Waals surface area contributed by atoms with Crippen LogP contribution in [0, 0.1) is 5.41 Å². The van der Waals surface area contributed by atoms with E-state index in [1.807, 2.05) is 0 Å². The fourth-order valence-corrected chi connectivity index (χ4v) is 2.51. The summed E-state index contributed by atoms with van der Waals surface area (Å²) in [4.78, 5) is 2.71. The van der Waals surface area contributed by atoms with Crippen LogP contribution in [0.1, 0.15) is 60.8 Å². The van der Waals surface area contributed by atoms with Gasteiger partial charge in [0.05, 0.1) is 0 Å². The molecular formula is C15H32N2. The molecule has 2 nitrogen and oxygen atoms in total. The Morgan fingerprint density at radius 2 is 1.94 bits per heavy atom. The molecule has 2 unspecified atom stereocenters. The quantitative estimate of drug-likeness (QED) is 0.811. The molecule has 17 heavy (non-hydrogen) atoms. The second-order valence-electron chi connectivity index (χ2n) is 7.14. The van der Waals surface area contributed by atoms with Gasteiger partial charge in [0.1, 0.15) is 0 Å². The zero-order chi connectivity index (χ0) is 13.1. The van der Waals surface area contributed by atoms with E-state index in [2.05, 4.69) is 51.8 Å². The molecule has 1 heterocycles. The third-order valence-electron chi connectivity index (χ3n) is 4.23. The van der Waals surface area contributed by atoms with Crippen molar-refractivity contribution in [2.45, 2.75) is 72.4 Å². The predicted molar refractivity (Wildman–Crippen MR) is 76.4 cm³/mol. The average molecular weight is 240 g/mol. The van der Waals surface area contributed by atoms with Crippen LogP contribution in [0.3, 0.4) is 0 Å². The lowest BCUT2D eigenvalue weighted by molar-refractivity contribution is 0.0720. The zero-order valence-corrected chi connectivity index (χ0v) is 12.8. The van der Waals surface area contributed by atoms with Crippen LogP contribution in [0.4, 0.5) is 0 Å². The molecule has 0 radical (unpaired) electrons. The van der Waals surface area contributed by atoms with E-state index in [0.717, 1.165) is 12.6 Å². The molecule has 1 aliphatic heterocycles. The van der Waals surface area contributed by atoms with Gasteiger partial charge in [-0.1, -0.05) is 34.6 Å². The Morgan fingerprint density at radius 1 is 1.29 bits per heavy atom. The smallest absolute Gasteiger partial charge is 0.0278 e. The minimum Gasteiger partial charge on any atom is -0.309 e. The minimum atomic E-state index is 0.323. The number of hydrogen-bond donors (Lipinski definition) is 1. The van der Waals surface area contributed by atoms with E-state index < -0.39 is 0 Å². The van der Waals surface area contributed by atoms with Crippen LogP contribution in [-0.2, 0) is 0 Å². The van der Waals surface area contributed by atoms with Gasteiger partial charge in [0.25, 0.3) is 0 Å². The van der Waals surface area contributed by atoms with Crippen molar-refractivity contribution in [2.75, 3.05) is 19.6 Å². The average Bonchev–Trinajstić information content (AvgIpc) is 2.26. The molecule has 0 amide bonds. The zero-order valence-electron chi connectivity index (χ0n) is 12.8. The maximum Gasteiger partial charge on any atom is 0.0278 e. The highest BCUT2D eigenvalue weighted by Crippen LogP contribution is 2.24. The fraction of sp³-hybridized carbons (Fsp3) is 1.00. The Bertz CT molecular complexity index is 232. The van der Waals surface area contributed by atoms with Gasteiger partial charge in [-0.25, -0.2) is 0 Å². The molecule has 0 aromatic heterocycles. The first kappa shape index (κ1) is 15.0. The van der Waals surface area contributed by atoms with Crippen molar-refractivity contribution >= 4 is 0 Å². The second-order valence-corrected chi connectivity index (χ2v) is 7.14. The largest absolute Gasteiger partial charge is 0.309 e. The van der Waals surface area contributed by atoms with Gasteiger partial charge in [0.2, 0.25) is 0 Å². The van der Waals surface area contributed by atoms with Crippen molar-refractivity contribution < 1.29 is 0 Å². The fourth-order valence-electron chi connectivity index (χ4n) is 2.51. The molecule has 0 saturated carbocycles. The molecular weight excluding hydrogens is 208 g/mol. The van der Waals surface area contributed by atoms with Crippen LogP contribution in [0.5, 0.6) is 0 Å². The van der Waals surface area contributed by atoms with Crippen LogP contribution in [0.25, 0.3) is 0 Å². The highest BCUT2D eigenvalue weighted by Gasteiger charge is 2.33. The second kappa shape index (κ2) is 5.71. The number of hydrogen-bond acceptors (Lipinski definition) is 2. The van der Waals surface area contributed by atoms with Crippen molar-refractivity contribution in [3.8, 4) is 0 Å². The Labute approximate surface area is 108 Å². The molecule has 1 fully saturated rings. The van der Waals surface area contributed by atoms with Gasteiger partial charge < -0.3 is 5.32 Å². The number of piperazine rings is 1. The molecule has 0 bridgehead atoms. The summed E-state index contributed by atoms with van der Waals surface area (Å²) in [5, 5.41) is 3.73. The lowest BCUT2D eigenvalue weighted by atomic mass is 9.89. The van der Waals surface area contributed by atoms with Crippen LogP contribution in [0.15, 0.2) is 0 Å². The Kier molecular flexibility index (Phi) is 5.03. The summed E-state index contributed by atoms with van der Waals surface area (Å²) in [6.45, 7) is 17.6. The van der Waals surface area contributed by atoms with E-state index in [9.17, 15) is 0 Å². The van der Waals surface area contributed by atoms with Gasteiger partial charge in [-0.2, -0.15) is 0 Å². The first-order chi connectivity index (χ1) is 7.79. The van der Waals surface area contributed by atoms with E-state index >= 15 is 0 Å². The van der Waals surface area contributed by atoms with Gasteiger partial charge in [-0.3, -0.25) is 4.90 Å². The Balaban J connectivity index is 2.57. The predicted octanol–water partition coefficient (Wildman–Crippen LogP) is 3.28. The molecule has 0 aromatic carbocycles. The normalized spacial score (nSPS) is 31.8. The molecule has 0 spiro atoms. The van der Waals surface area contributed by atoms with E-state index in [4.69, 9.17) is 0 Å². The molecule has 1 saturated heterocycles. The third-order valence-corrected chi connectivity index (χ3v) is 4.23. The summed E-state index contributed by atoms with van der Waals surface area (Å²) in [5.74, 6) is 0. The molecule has 2 heteroatoms. The van der Waals surface area contributed by atoms with Gasteiger partial charge in [-0.15, -0.1) is 0 Å².